The molecule has 0 saturated heterocycles. The van der Waals surface area contributed by atoms with Crippen LogP contribution < -0.4 is 5.32 Å². The van der Waals surface area contributed by atoms with Gasteiger partial charge < -0.3 is 20.1 Å². The summed E-state index contributed by atoms with van der Waals surface area (Å²) in [7, 11) is 0. The molecular weight excluding hydrogens is 401 g/mol. The van der Waals surface area contributed by atoms with Crippen LogP contribution in [-0.2, 0) is 11.0 Å². The van der Waals surface area contributed by atoms with Crippen LogP contribution in [0.3, 0.4) is 0 Å². The molecule has 3 N–H and O–H groups in total. The van der Waals surface area contributed by atoms with Crippen LogP contribution in [0.5, 0.6) is 5.75 Å². The third kappa shape index (κ3) is 3.38. The number of aromatic carboxylic acids is 1. The average Bonchev–Trinajstić information content (AvgIpc) is 3.07. The quantitative estimate of drug-likeness (QED) is 0.591. The van der Waals surface area contributed by atoms with Gasteiger partial charge in [0.05, 0.1) is 16.9 Å². The van der Waals surface area contributed by atoms with Gasteiger partial charge >= 0.3 is 12.1 Å². The van der Waals surface area contributed by atoms with E-state index in [1.165, 1.54) is 35.0 Å². The highest BCUT2D eigenvalue weighted by atomic mass is 19.4. The number of carboxylic acid groups (broad SMARTS) is 1. The van der Waals surface area contributed by atoms with Gasteiger partial charge in [-0.1, -0.05) is 18.2 Å². The summed E-state index contributed by atoms with van der Waals surface area (Å²) in [6.07, 6.45) is -3.38. The summed E-state index contributed by atoms with van der Waals surface area (Å²) in [5.74, 6) is -2.33. The molecule has 0 bridgehead atoms. The number of phenolic OH excluding ortho intramolecular Hbond substituents is 1. The van der Waals surface area contributed by atoms with E-state index in [4.69, 9.17) is 0 Å². The Kier molecular flexibility index (Phi) is 4.53. The minimum atomic E-state index is -4.57. The Morgan fingerprint density at radius 1 is 1.13 bits per heavy atom. The van der Waals surface area contributed by atoms with Crippen molar-refractivity contribution >= 4 is 17.6 Å². The number of nitrogens with zero attached hydrogens (tertiary/aromatic N) is 1. The number of fused-ring (bicyclic) bond motifs is 1. The maximum atomic E-state index is 13.2. The Balaban J connectivity index is 1.95. The molecular formula is C21H15F3N2O4. The second-order valence-electron chi connectivity index (χ2n) is 6.92. The van der Waals surface area contributed by atoms with E-state index in [0.717, 1.165) is 12.1 Å². The number of hydrogen-bond donors (Lipinski definition) is 3. The lowest BCUT2D eigenvalue weighted by Crippen LogP contribution is -2.25. The van der Waals surface area contributed by atoms with E-state index < -0.39 is 29.5 Å². The highest BCUT2D eigenvalue weighted by Crippen LogP contribution is 2.42. The van der Waals surface area contributed by atoms with E-state index in [1.54, 1.807) is 12.1 Å². The van der Waals surface area contributed by atoms with Crippen LogP contribution >= 0.6 is 0 Å². The molecule has 1 aliphatic rings. The number of rotatable bonds is 3. The van der Waals surface area contributed by atoms with Crippen LogP contribution in [0.15, 0.2) is 54.7 Å². The number of alkyl halides is 3. The summed E-state index contributed by atoms with van der Waals surface area (Å²) in [4.78, 5) is 24.0. The minimum absolute atomic E-state index is 0.0127. The van der Waals surface area contributed by atoms with Crippen LogP contribution in [0.1, 0.15) is 39.5 Å². The van der Waals surface area contributed by atoms with E-state index in [2.05, 4.69) is 5.32 Å². The second kappa shape index (κ2) is 6.94. The predicted molar refractivity (Wildman–Crippen MR) is 101 cm³/mol. The number of benzene rings is 2. The van der Waals surface area contributed by atoms with Gasteiger partial charge in [-0.2, -0.15) is 13.2 Å². The lowest BCUT2D eigenvalue weighted by atomic mass is 9.88. The molecule has 1 atom stereocenters. The average molecular weight is 416 g/mol. The number of anilines is 1. The van der Waals surface area contributed by atoms with Crippen LogP contribution in [0.2, 0.25) is 0 Å². The zero-order valence-corrected chi connectivity index (χ0v) is 15.3. The first-order valence-electron chi connectivity index (χ1n) is 8.90. The number of carboxylic acids is 1. The van der Waals surface area contributed by atoms with Crippen molar-refractivity contribution in [2.75, 3.05) is 5.32 Å². The van der Waals surface area contributed by atoms with Crippen LogP contribution in [0, 0.1) is 0 Å². The van der Waals surface area contributed by atoms with Crippen molar-refractivity contribution in [1.29, 1.82) is 0 Å². The smallest absolute Gasteiger partial charge is 0.416 e. The van der Waals surface area contributed by atoms with E-state index in [9.17, 15) is 33.0 Å². The third-order valence-corrected chi connectivity index (χ3v) is 5.00. The lowest BCUT2D eigenvalue weighted by molar-refractivity contribution is -0.137. The van der Waals surface area contributed by atoms with Crippen LogP contribution in [-0.4, -0.2) is 26.7 Å². The van der Waals surface area contributed by atoms with Gasteiger partial charge in [-0.3, -0.25) is 4.79 Å². The molecule has 0 aliphatic carbocycles. The number of phenols is 1. The molecule has 0 unspecified atom stereocenters. The minimum Gasteiger partial charge on any atom is -0.508 e. The Labute approximate surface area is 168 Å². The Morgan fingerprint density at radius 2 is 1.83 bits per heavy atom. The van der Waals surface area contributed by atoms with Crippen LogP contribution in [0.25, 0.3) is 5.69 Å². The molecule has 0 spiro atoms. The summed E-state index contributed by atoms with van der Waals surface area (Å²) in [6.45, 7) is 0. The molecule has 1 aliphatic heterocycles. The van der Waals surface area contributed by atoms with Gasteiger partial charge in [0.25, 0.3) is 0 Å². The molecule has 4 rings (SSSR count). The molecule has 0 radical (unpaired) electrons. The Bertz CT molecular complexity index is 1150. The van der Waals surface area contributed by atoms with Gasteiger partial charge in [0.15, 0.2) is 0 Å². The molecule has 30 heavy (non-hydrogen) atoms. The first-order valence-corrected chi connectivity index (χ1v) is 8.90. The summed E-state index contributed by atoms with van der Waals surface area (Å²) >= 11 is 0. The highest BCUT2D eigenvalue weighted by Gasteiger charge is 2.35. The summed E-state index contributed by atoms with van der Waals surface area (Å²) < 4.78 is 41.0. The van der Waals surface area contributed by atoms with Crippen molar-refractivity contribution in [3.05, 3.63) is 77.1 Å². The van der Waals surface area contributed by atoms with Crippen molar-refractivity contribution in [2.45, 2.75) is 18.5 Å². The molecule has 3 aromatic rings. The maximum Gasteiger partial charge on any atom is 0.416 e. The monoisotopic (exact) mass is 416 g/mol. The fourth-order valence-corrected chi connectivity index (χ4v) is 3.66. The fraction of sp³-hybridized carbons (Fsp3) is 0.143. The number of carbonyl (C=O) groups excluding carboxylic acids is 1. The number of amides is 1. The molecule has 9 heteroatoms. The van der Waals surface area contributed by atoms with Crippen molar-refractivity contribution in [2.24, 2.45) is 0 Å². The summed E-state index contributed by atoms with van der Waals surface area (Å²) in [5.41, 5.74) is 0.0477. The molecule has 0 saturated carbocycles. The lowest BCUT2D eigenvalue weighted by Gasteiger charge is -2.26. The van der Waals surface area contributed by atoms with Gasteiger partial charge in [-0.15, -0.1) is 0 Å². The van der Waals surface area contributed by atoms with Gasteiger partial charge in [-0.05, 0) is 35.9 Å². The van der Waals surface area contributed by atoms with Gasteiger partial charge in [0.2, 0.25) is 5.91 Å². The predicted octanol–water partition coefficient (Wildman–Crippen LogP) is 4.37. The molecule has 0 fully saturated rings. The van der Waals surface area contributed by atoms with Crippen molar-refractivity contribution in [3.8, 4) is 11.4 Å². The van der Waals surface area contributed by atoms with Gasteiger partial charge in [0, 0.05) is 24.2 Å². The number of aromatic hydroxyl groups is 1. The first kappa shape index (κ1) is 19.6. The van der Waals surface area contributed by atoms with Crippen molar-refractivity contribution < 1.29 is 33.0 Å². The Hall–Kier alpha value is -3.75. The molecule has 6 nitrogen and oxygen atoms in total. The van der Waals surface area contributed by atoms with Gasteiger partial charge in [0.1, 0.15) is 11.3 Å². The largest absolute Gasteiger partial charge is 0.508 e. The van der Waals surface area contributed by atoms with Gasteiger partial charge in [-0.25, -0.2) is 4.79 Å². The zero-order valence-electron chi connectivity index (χ0n) is 15.3. The molecule has 1 aromatic heterocycles. The highest BCUT2D eigenvalue weighted by molar-refractivity contribution is 6.04. The molecule has 2 aromatic carbocycles. The topological polar surface area (TPSA) is 91.6 Å². The number of nitrogens with one attached hydrogen (secondary N) is 1. The SMILES string of the molecule is O=C1C[C@@H](c2ccc(O)cc2)c2c(c(C(=O)O)cn2-c2cccc(C(F)(F)F)c2)N1. The van der Waals surface area contributed by atoms with Crippen molar-refractivity contribution in [1.82, 2.24) is 4.57 Å². The van der Waals surface area contributed by atoms with E-state index >= 15 is 0 Å². The van der Waals surface area contributed by atoms with Crippen LogP contribution in [0.4, 0.5) is 18.9 Å². The number of hydrogen-bond acceptors (Lipinski definition) is 3. The zero-order chi connectivity index (χ0) is 21.6. The number of halogens is 3. The number of carbonyl (C=O) groups is 2. The standard InChI is InChI=1S/C21H15F3N2O4/c22-21(23,24)12-2-1-3-13(8-12)26-10-16(20(29)30)18-19(26)15(9-17(28)25-18)11-4-6-14(27)7-5-11/h1-8,10,15,27H,9H2,(H,25,28)(H,29,30)/t15-/m0/s1. The maximum absolute atomic E-state index is 13.2. The molecule has 1 amide bonds. The van der Waals surface area contributed by atoms with E-state index in [0.29, 0.717) is 11.3 Å². The van der Waals surface area contributed by atoms with E-state index in [1.807, 2.05) is 0 Å². The van der Waals surface area contributed by atoms with E-state index in [-0.39, 0.29) is 29.1 Å². The number of aromatic nitrogens is 1. The summed E-state index contributed by atoms with van der Waals surface area (Å²) in [5, 5.41) is 21.7. The third-order valence-electron chi connectivity index (χ3n) is 5.00. The first-order chi connectivity index (χ1) is 14.1. The van der Waals surface area contributed by atoms with Crippen molar-refractivity contribution in [3.63, 3.8) is 0 Å². The normalized spacial score (nSPS) is 16.1. The fourth-order valence-electron chi connectivity index (χ4n) is 3.66. The summed E-state index contributed by atoms with van der Waals surface area (Å²) in [6, 6.07) is 10.6. The second-order valence-corrected chi connectivity index (χ2v) is 6.92. The Morgan fingerprint density at radius 3 is 2.47 bits per heavy atom. The molecule has 154 valence electrons. The molecule has 2 heterocycles.